The fraction of sp³-hybridized carbons (Fsp3) is 0.125. The normalized spacial score (nSPS) is 14.1. The molecule has 2 N–H and O–H groups in total. The molecule has 0 amide bonds. The van der Waals surface area contributed by atoms with Crippen LogP contribution >= 0.6 is 0 Å². The smallest absolute Gasteiger partial charge is 0.118 e. The number of fused-ring (bicyclic) bond motifs is 1. The lowest BCUT2D eigenvalue weighted by Crippen LogP contribution is -2.29. The Morgan fingerprint density at radius 2 is 2.00 bits per heavy atom. The van der Waals surface area contributed by atoms with Gasteiger partial charge in [0.2, 0.25) is 0 Å². The van der Waals surface area contributed by atoms with Gasteiger partial charge in [-0.15, -0.1) is 0 Å². The minimum absolute atomic E-state index is 0.892. The van der Waals surface area contributed by atoms with Crippen molar-refractivity contribution in [3.63, 3.8) is 0 Å². The number of amidine groups is 1. The molecule has 0 fully saturated rings. The summed E-state index contributed by atoms with van der Waals surface area (Å²) in [5.41, 5.74) is 7.99. The van der Waals surface area contributed by atoms with Gasteiger partial charge in [-0.2, -0.15) is 0 Å². The van der Waals surface area contributed by atoms with Crippen LogP contribution in [0.15, 0.2) is 29.3 Å². The fourth-order valence-electron chi connectivity index (χ4n) is 1.04. The summed E-state index contributed by atoms with van der Waals surface area (Å²) in [5, 5.41) is 0. The van der Waals surface area contributed by atoms with E-state index in [1.54, 1.807) is 0 Å². The summed E-state index contributed by atoms with van der Waals surface area (Å²) in [7, 11) is 0. The van der Waals surface area contributed by atoms with E-state index in [9.17, 15) is 0 Å². The summed E-state index contributed by atoms with van der Waals surface area (Å²) in [6, 6.07) is 7.91. The van der Waals surface area contributed by atoms with Crippen LogP contribution in [0.5, 0.6) is 0 Å². The average molecular weight is 147 g/mol. The van der Waals surface area contributed by atoms with Crippen molar-refractivity contribution in [2.45, 2.75) is 6.92 Å². The number of hydrogen-bond donors (Lipinski definition) is 2. The van der Waals surface area contributed by atoms with Crippen molar-refractivity contribution in [1.82, 2.24) is 5.43 Å². The lowest BCUT2D eigenvalue weighted by molar-refractivity contribution is 1.08. The van der Waals surface area contributed by atoms with Crippen molar-refractivity contribution in [3.05, 3.63) is 24.3 Å². The van der Waals surface area contributed by atoms with E-state index in [0.717, 1.165) is 17.2 Å². The van der Waals surface area contributed by atoms with E-state index >= 15 is 0 Å². The summed E-state index contributed by atoms with van der Waals surface area (Å²) < 4.78 is 0. The Labute approximate surface area is 65.1 Å². The number of benzene rings is 1. The maximum absolute atomic E-state index is 4.29. The number of para-hydroxylation sites is 2. The van der Waals surface area contributed by atoms with Crippen molar-refractivity contribution >= 4 is 17.2 Å². The third-order valence-corrected chi connectivity index (χ3v) is 1.57. The second kappa shape index (κ2) is 2.27. The van der Waals surface area contributed by atoms with E-state index in [2.05, 4.69) is 15.8 Å². The molecule has 0 atom stereocenters. The van der Waals surface area contributed by atoms with Crippen LogP contribution in [0.3, 0.4) is 0 Å². The van der Waals surface area contributed by atoms with Crippen LogP contribution in [-0.2, 0) is 0 Å². The number of hydrazine groups is 1. The van der Waals surface area contributed by atoms with Crippen molar-refractivity contribution in [3.8, 4) is 0 Å². The van der Waals surface area contributed by atoms with Gasteiger partial charge in [-0.1, -0.05) is 12.1 Å². The Morgan fingerprint density at radius 1 is 1.18 bits per heavy atom. The molecule has 3 nitrogen and oxygen atoms in total. The van der Waals surface area contributed by atoms with Gasteiger partial charge in [0, 0.05) is 0 Å². The Kier molecular flexibility index (Phi) is 1.28. The van der Waals surface area contributed by atoms with Gasteiger partial charge < -0.3 is 0 Å². The standard InChI is InChI=1S/C8H9N3/c1-6-9-7-4-2-3-5-8(7)11-10-6/h2-5,11H,1H3,(H,9,10). The zero-order valence-corrected chi connectivity index (χ0v) is 6.26. The average Bonchev–Trinajstić information content (AvgIpc) is 2.04. The number of rotatable bonds is 0. The highest BCUT2D eigenvalue weighted by molar-refractivity contribution is 5.89. The molecule has 1 heterocycles. The SMILES string of the molecule is CC1=Nc2ccccc2NN1. The van der Waals surface area contributed by atoms with Gasteiger partial charge in [0.1, 0.15) is 5.84 Å². The predicted molar refractivity (Wildman–Crippen MR) is 46.0 cm³/mol. The number of anilines is 1. The van der Waals surface area contributed by atoms with Gasteiger partial charge in [-0.3, -0.25) is 10.9 Å². The van der Waals surface area contributed by atoms with Gasteiger partial charge in [-0.25, -0.2) is 4.99 Å². The number of nitrogens with one attached hydrogen (secondary N) is 2. The zero-order chi connectivity index (χ0) is 7.68. The summed E-state index contributed by atoms with van der Waals surface area (Å²) in [6.07, 6.45) is 0. The molecule has 56 valence electrons. The van der Waals surface area contributed by atoms with Crippen LogP contribution < -0.4 is 10.9 Å². The first-order chi connectivity index (χ1) is 5.36. The molecule has 0 aliphatic carbocycles. The van der Waals surface area contributed by atoms with Crippen LogP contribution in [0, 0.1) is 0 Å². The predicted octanol–water partition coefficient (Wildman–Crippen LogP) is 1.67. The van der Waals surface area contributed by atoms with Crippen molar-refractivity contribution < 1.29 is 0 Å². The van der Waals surface area contributed by atoms with Crippen LogP contribution in [0.2, 0.25) is 0 Å². The van der Waals surface area contributed by atoms with E-state index in [0.29, 0.717) is 0 Å². The fourth-order valence-corrected chi connectivity index (χ4v) is 1.04. The monoisotopic (exact) mass is 147 g/mol. The molecule has 3 heteroatoms. The third-order valence-electron chi connectivity index (χ3n) is 1.57. The van der Waals surface area contributed by atoms with Crippen LogP contribution in [0.4, 0.5) is 11.4 Å². The van der Waals surface area contributed by atoms with Crippen LogP contribution in [0.25, 0.3) is 0 Å². The van der Waals surface area contributed by atoms with Crippen molar-refractivity contribution in [2.24, 2.45) is 4.99 Å². The van der Waals surface area contributed by atoms with E-state index in [-0.39, 0.29) is 0 Å². The summed E-state index contributed by atoms with van der Waals surface area (Å²) in [5.74, 6) is 0.892. The first-order valence-electron chi connectivity index (χ1n) is 3.52. The van der Waals surface area contributed by atoms with Crippen LogP contribution in [-0.4, -0.2) is 5.84 Å². The number of hydrogen-bond acceptors (Lipinski definition) is 3. The second-order valence-electron chi connectivity index (χ2n) is 2.46. The molecule has 1 aromatic carbocycles. The Morgan fingerprint density at radius 3 is 2.91 bits per heavy atom. The van der Waals surface area contributed by atoms with Gasteiger partial charge in [0.05, 0.1) is 11.4 Å². The summed E-state index contributed by atoms with van der Waals surface area (Å²) >= 11 is 0. The lowest BCUT2D eigenvalue weighted by Gasteiger charge is -2.16. The molecule has 0 spiro atoms. The van der Waals surface area contributed by atoms with Gasteiger partial charge >= 0.3 is 0 Å². The topological polar surface area (TPSA) is 36.4 Å². The molecule has 0 aromatic heterocycles. The number of aliphatic imine (C=N–C) groups is 1. The van der Waals surface area contributed by atoms with Gasteiger partial charge in [0.25, 0.3) is 0 Å². The largest absolute Gasteiger partial charge is 0.298 e. The molecule has 1 aromatic rings. The van der Waals surface area contributed by atoms with Crippen LogP contribution in [0.1, 0.15) is 6.92 Å². The Balaban J connectivity index is 2.51. The molecule has 2 rings (SSSR count). The molecule has 1 aliphatic rings. The second-order valence-corrected chi connectivity index (χ2v) is 2.46. The van der Waals surface area contributed by atoms with Crippen molar-refractivity contribution in [2.75, 3.05) is 5.43 Å². The third kappa shape index (κ3) is 1.05. The highest BCUT2D eigenvalue weighted by atomic mass is 15.4. The molecule has 1 aliphatic heterocycles. The van der Waals surface area contributed by atoms with E-state index in [1.165, 1.54) is 0 Å². The molecule has 0 bridgehead atoms. The molecule has 0 radical (unpaired) electrons. The Bertz CT molecular complexity index is 304. The van der Waals surface area contributed by atoms with Gasteiger partial charge in [-0.05, 0) is 19.1 Å². The summed E-state index contributed by atoms with van der Waals surface area (Å²) in [4.78, 5) is 4.29. The van der Waals surface area contributed by atoms with E-state index in [1.807, 2.05) is 31.2 Å². The van der Waals surface area contributed by atoms with Gasteiger partial charge in [0.15, 0.2) is 0 Å². The highest BCUT2D eigenvalue weighted by Gasteiger charge is 2.04. The maximum atomic E-state index is 4.29. The molecule has 0 saturated heterocycles. The maximum Gasteiger partial charge on any atom is 0.118 e. The summed E-state index contributed by atoms with van der Waals surface area (Å²) in [6.45, 7) is 1.92. The molecule has 0 unspecified atom stereocenters. The zero-order valence-electron chi connectivity index (χ0n) is 6.26. The van der Waals surface area contributed by atoms with E-state index in [4.69, 9.17) is 0 Å². The minimum atomic E-state index is 0.892. The molecule has 11 heavy (non-hydrogen) atoms. The minimum Gasteiger partial charge on any atom is -0.298 e. The molecular formula is C8H9N3. The van der Waals surface area contributed by atoms with Crippen molar-refractivity contribution in [1.29, 1.82) is 0 Å². The molecular weight excluding hydrogens is 138 g/mol. The highest BCUT2D eigenvalue weighted by Crippen LogP contribution is 2.25. The molecule has 0 saturated carbocycles. The number of nitrogens with zero attached hydrogens (tertiary/aromatic N) is 1. The lowest BCUT2D eigenvalue weighted by atomic mass is 10.2. The first kappa shape index (κ1) is 6.22. The van der Waals surface area contributed by atoms with E-state index < -0.39 is 0 Å². The first-order valence-corrected chi connectivity index (χ1v) is 3.52. The quantitative estimate of drug-likeness (QED) is 0.585. The Hall–Kier alpha value is -1.51.